The SMILES string of the molecule is C1CCOC1.C=CC(=C)CCC[P+](c1ccccc1)(c1ccccc1)c1ccccc1. The third kappa shape index (κ3) is 6.26. The lowest BCUT2D eigenvalue weighted by Crippen LogP contribution is -2.33. The molecule has 1 fully saturated rings. The van der Waals surface area contributed by atoms with Crippen LogP contribution in [0.3, 0.4) is 0 Å². The van der Waals surface area contributed by atoms with Crippen LogP contribution in [0.1, 0.15) is 25.7 Å². The van der Waals surface area contributed by atoms with Gasteiger partial charge in [-0.1, -0.05) is 79.4 Å². The van der Waals surface area contributed by atoms with Crippen LogP contribution in [0.5, 0.6) is 0 Å². The van der Waals surface area contributed by atoms with Crippen LogP contribution in [0.2, 0.25) is 0 Å². The molecule has 0 saturated carbocycles. The topological polar surface area (TPSA) is 9.23 Å². The predicted octanol–water partition coefficient (Wildman–Crippen LogP) is 6.30. The number of hydrogen-bond acceptors (Lipinski definition) is 1. The average Bonchev–Trinajstić information content (AvgIpc) is 3.44. The summed E-state index contributed by atoms with van der Waals surface area (Å²) in [6.45, 7) is 9.96. The van der Waals surface area contributed by atoms with Gasteiger partial charge in [0.15, 0.2) is 0 Å². The number of allylic oxidation sites excluding steroid dienone is 2. The molecule has 1 nitrogen and oxygen atoms in total. The van der Waals surface area contributed by atoms with E-state index in [0.717, 1.165) is 37.8 Å². The zero-order chi connectivity index (χ0) is 21.8. The summed E-state index contributed by atoms with van der Waals surface area (Å²) in [4.78, 5) is 0. The standard InChI is InChI=1S/C25H26P.C4H8O/c1-3-22(2)14-13-21-26(23-15-7-4-8-16-23,24-17-9-5-10-18-24)25-19-11-6-12-20-25;1-2-4-5-3-1/h3-12,15-20H,1-2,13-14,21H2;1-4H2/q+1;. The van der Waals surface area contributed by atoms with Crippen LogP contribution >= 0.6 is 7.26 Å². The highest BCUT2D eigenvalue weighted by molar-refractivity contribution is 7.95. The first-order valence-corrected chi connectivity index (χ1v) is 13.2. The van der Waals surface area contributed by atoms with Crippen molar-refractivity contribution in [3.63, 3.8) is 0 Å². The molecular weight excluding hydrogens is 395 g/mol. The Bertz CT molecular complexity index is 810. The summed E-state index contributed by atoms with van der Waals surface area (Å²) in [7, 11) is -1.70. The minimum Gasteiger partial charge on any atom is -0.381 e. The normalized spacial score (nSPS) is 13.2. The molecule has 3 aromatic rings. The molecule has 0 aromatic heterocycles. The second kappa shape index (κ2) is 12.4. The molecule has 160 valence electrons. The van der Waals surface area contributed by atoms with E-state index in [1.54, 1.807) is 0 Å². The Morgan fingerprint density at radius 1 is 0.742 bits per heavy atom. The molecule has 1 saturated heterocycles. The van der Waals surface area contributed by atoms with Gasteiger partial charge in [0.1, 0.15) is 23.2 Å². The van der Waals surface area contributed by atoms with Crippen molar-refractivity contribution in [3.8, 4) is 0 Å². The molecule has 0 amide bonds. The summed E-state index contributed by atoms with van der Waals surface area (Å²) in [5.74, 6) is 0. The van der Waals surface area contributed by atoms with Crippen molar-refractivity contribution in [3.05, 3.63) is 116 Å². The average molecular weight is 430 g/mol. The smallest absolute Gasteiger partial charge is 0.112 e. The van der Waals surface area contributed by atoms with E-state index in [0.29, 0.717) is 0 Å². The lowest BCUT2D eigenvalue weighted by Gasteiger charge is -2.27. The molecule has 0 N–H and O–H groups in total. The van der Waals surface area contributed by atoms with Gasteiger partial charge in [-0.2, -0.15) is 0 Å². The molecule has 31 heavy (non-hydrogen) atoms. The Balaban J connectivity index is 0.000000478. The summed E-state index contributed by atoms with van der Waals surface area (Å²) in [5, 5.41) is 4.34. The van der Waals surface area contributed by atoms with Crippen LogP contribution < -0.4 is 15.9 Å². The minimum absolute atomic E-state index is 0.998. The summed E-state index contributed by atoms with van der Waals surface area (Å²) < 4.78 is 4.94. The van der Waals surface area contributed by atoms with Gasteiger partial charge < -0.3 is 4.74 Å². The fourth-order valence-electron chi connectivity index (χ4n) is 4.04. The van der Waals surface area contributed by atoms with Crippen LogP contribution in [-0.2, 0) is 4.74 Å². The largest absolute Gasteiger partial charge is 0.381 e. The molecule has 2 heteroatoms. The van der Waals surface area contributed by atoms with Crippen LogP contribution in [0.15, 0.2) is 116 Å². The minimum atomic E-state index is -1.70. The van der Waals surface area contributed by atoms with Crippen LogP contribution in [0.25, 0.3) is 0 Å². The second-order valence-electron chi connectivity index (χ2n) is 7.83. The zero-order valence-corrected chi connectivity index (χ0v) is 19.4. The van der Waals surface area contributed by atoms with Crippen molar-refractivity contribution in [2.24, 2.45) is 0 Å². The van der Waals surface area contributed by atoms with Crippen LogP contribution in [0, 0.1) is 0 Å². The van der Waals surface area contributed by atoms with E-state index in [2.05, 4.69) is 104 Å². The first-order valence-electron chi connectivity index (χ1n) is 11.2. The van der Waals surface area contributed by atoms with Crippen molar-refractivity contribution in [2.45, 2.75) is 25.7 Å². The number of benzene rings is 3. The molecule has 1 heterocycles. The van der Waals surface area contributed by atoms with E-state index in [1.165, 1.54) is 28.8 Å². The zero-order valence-electron chi connectivity index (χ0n) is 18.5. The third-order valence-electron chi connectivity index (χ3n) is 5.70. The fourth-order valence-corrected chi connectivity index (χ4v) is 8.38. The van der Waals surface area contributed by atoms with Crippen molar-refractivity contribution in [1.82, 2.24) is 0 Å². The molecule has 1 aliphatic rings. The predicted molar refractivity (Wildman–Crippen MR) is 139 cm³/mol. The highest BCUT2D eigenvalue weighted by Crippen LogP contribution is 2.56. The first-order chi connectivity index (χ1) is 15.3. The molecule has 0 bridgehead atoms. The summed E-state index contributed by atoms with van der Waals surface area (Å²) in [6.07, 6.45) is 7.68. The van der Waals surface area contributed by atoms with Gasteiger partial charge in [-0.25, -0.2) is 0 Å². The first kappa shape index (κ1) is 23.2. The van der Waals surface area contributed by atoms with E-state index in [4.69, 9.17) is 4.74 Å². The van der Waals surface area contributed by atoms with Crippen LogP contribution in [0.4, 0.5) is 0 Å². The van der Waals surface area contributed by atoms with Gasteiger partial charge in [-0.3, -0.25) is 0 Å². The third-order valence-corrected chi connectivity index (χ3v) is 10.2. The summed E-state index contributed by atoms with van der Waals surface area (Å²) in [5.41, 5.74) is 1.12. The van der Waals surface area contributed by atoms with Gasteiger partial charge in [0.25, 0.3) is 0 Å². The molecule has 0 atom stereocenters. The Kier molecular flexibility index (Phi) is 9.28. The molecular formula is C29H34OP+. The molecule has 0 aliphatic carbocycles. The van der Waals surface area contributed by atoms with E-state index in [-0.39, 0.29) is 0 Å². The van der Waals surface area contributed by atoms with E-state index in [9.17, 15) is 0 Å². The van der Waals surface area contributed by atoms with Crippen molar-refractivity contribution < 1.29 is 4.74 Å². The lowest BCUT2D eigenvalue weighted by molar-refractivity contribution is 0.198. The molecule has 0 spiro atoms. The maximum absolute atomic E-state index is 4.94. The molecule has 1 aliphatic heterocycles. The highest BCUT2D eigenvalue weighted by Gasteiger charge is 2.44. The quantitative estimate of drug-likeness (QED) is 0.302. The number of hydrogen-bond donors (Lipinski definition) is 0. The molecule has 0 unspecified atom stereocenters. The van der Waals surface area contributed by atoms with E-state index >= 15 is 0 Å². The fraction of sp³-hybridized carbons (Fsp3) is 0.241. The van der Waals surface area contributed by atoms with Gasteiger partial charge in [-0.05, 0) is 62.1 Å². The van der Waals surface area contributed by atoms with E-state index < -0.39 is 7.26 Å². The summed E-state index contributed by atoms with van der Waals surface area (Å²) >= 11 is 0. The van der Waals surface area contributed by atoms with Gasteiger partial charge >= 0.3 is 0 Å². The Hall–Kier alpha value is -2.47. The van der Waals surface area contributed by atoms with Crippen molar-refractivity contribution >= 4 is 23.2 Å². The van der Waals surface area contributed by atoms with Gasteiger partial charge in [0, 0.05) is 13.2 Å². The number of ether oxygens (including phenoxy) is 1. The van der Waals surface area contributed by atoms with Crippen LogP contribution in [-0.4, -0.2) is 19.4 Å². The number of rotatable bonds is 8. The molecule has 3 aromatic carbocycles. The van der Waals surface area contributed by atoms with Crippen molar-refractivity contribution in [2.75, 3.05) is 19.4 Å². The lowest BCUT2D eigenvalue weighted by atomic mass is 10.2. The maximum Gasteiger partial charge on any atom is 0.112 e. The molecule has 0 radical (unpaired) electrons. The van der Waals surface area contributed by atoms with Gasteiger partial charge in [0.2, 0.25) is 0 Å². The highest BCUT2D eigenvalue weighted by atomic mass is 31.2. The second-order valence-corrected chi connectivity index (χ2v) is 11.4. The Morgan fingerprint density at radius 2 is 1.16 bits per heavy atom. The van der Waals surface area contributed by atoms with Gasteiger partial charge in [0.05, 0.1) is 6.16 Å². The molecule has 4 rings (SSSR count). The Morgan fingerprint density at radius 3 is 1.48 bits per heavy atom. The monoisotopic (exact) mass is 429 g/mol. The maximum atomic E-state index is 4.94. The van der Waals surface area contributed by atoms with E-state index in [1.807, 2.05) is 6.08 Å². The van der Waals surface area contributed by atoms with Gasteiger partial charge in [-0.15, -0.1) is 0 Å². The Labute approximate surface area is 188 Å². The summed E-state index contributed by atoms with van der Waals surface area (Å²) in [6, 6.07) is 33.1. The van der Waals surface area contributed by atoms with Crippen molar-refractivity contribution in [1.29, 1.82) is 0 Å².